The van der Waals surface area contributed by atoms with Crippen molar-refractivity contribution in [2.24, 2.45) is 4.99 Å². The maximum Gasteiger partial charge on any atom is 0.218 e. The van der Waals surface area contributed by atoms with Gasteiger partial charge in [-0.25, -0.2) is 4.99 Å². The van der Waals surface area contributed by atoms with Crippen molar-refractivity contribution in [1.82, 2.24) is 24.9 Å². The van der Waals surface area contributed by atoms with Crippen LogP contribution in [0.5, 0.6) is 0 Å². The van der Waals surface area contributed by atoms with Crippen LogP contribution in [-0.2, 0) is 4.74 Å². The van der Waals surface area contributed by atoms with Crippen molar-refractivity contribution in [3.63, 3.8) is 0 Å². The summed E-state index contributed by atoms with van der Waals surface area (Å²) in [6.45, 7) is 9.30. The molecule has 3 aliphatic heterocycles. The Labute approximate surface area is 160 Å². The molecule has 0 aromatic heterocycles. The van der Waals surface area contributed by atoms with Crippen molar-refractivity contribution in [1.29, 1.82) is 0 Å². The van der Waals surface area contributed by atoms with Crippen LogP contribution in [0, 0.1) is 11.8 Å². The summed E-state index contributed by atoms with van der Waals surface area (Å²) in [7, 11) is 1.67. The van der Waals surface area contributed by atoms with Crippen molar-refractivity contribution >= 4 is 5.84 Å². The van der Waals surface area contributed by atoms with Gasteiger partial charge in [0.05, 0.1) is 13.2 Å². The quantitative estimate of drug-likeness (QED) is 0.409. The van der Waals surface area contributed by atoms with Crippen LogP contribution in [0.1, 0.15) is 13.8 Å². The molecule has 9 nitrogen and oxygen atoms in total. The fraction of sp³-hybridized carbons (Fsp3) is 0.722. The smallest absolute Gasteiger partial charge is 0.218 e. The molecule has 3 heterocycles. The SMILES string of the molecule is CC#CCN1C2=C(O)N(C)C(O)N(CCOCC)C2=NC1N1CCNCC1. The number of hydrogen-bond acceptors (Lipinski definition) is 9. The van der Waals surface area contributed by atoms with E-state index in [1.54, 1.807) is 18.9 Å². The number of ether oxygens (including phenoxy) is 1. The highest BCUT2D eigenvalue weighted by molar-refractivity contribution is 6.00. The number of fused-ring (bicyclic) bond motifs is 1. The normalized spacial score (nSPS) is 26.1. The van der Waals surface area contributed by atoms with Crippen LogP contribution in [0.25, 0.3) is 0 Å². The highest BCUT2D eigenvalue weighted by Gasteiger charge is 2.45. The molecule has 0 aromatic rings. The summed E-state index contributed by atoms with van der Waals surface area (Å²) in [5, 5.41) is 24.8. The predicted molar refractivity (Wildman–Crippen MR) is 102 cm³/mol. The lowest BCUT2D eigenvalue weighted by molar-refractivity contribution is -0.0841. The van der Waals surface area contributed by atoms with Gasteiger partial charge < -0.3 is 35.0 Å². The summed E-state index contributed by atoms with van der Waals surface area (Å²) < 4.78 is 5.47. The molecule has 0 aromatic carbocycles. The molecular weight excluding hydrogens is 348 g/mol. The van der Waals surface area contributed by atoms with Gasteiger partial charge in [0.15, 0.2) is 12.1 Å². The molecule has 0 radical (unpaired) electrons. The van der Waals surface area contributed by atoms with Crippen molar-refractivity contribution < 1.29 is 14.9 Å². The third-order valence-electron chi connectivity index (χ3n) is 5.04. The van der Waals surface area contributed by atoms with E-state index in [0.29, 0.717) is 37.8 Å². The number of nitrogens with one attached hydrogen (secondary N) is 1. The standard InChI is InChI=1S/C18H30N6O3/c1-4-6-9-23-14-15(20-17(23)22-10-7-19-8-11-22)24(12-13-27-5-2)18(26)21(3)16(14)25/h17-19,25-26H,5,7-13H2,1-3H3. The van der Waals surface area contributed by atoms with Crippen molar-refractivity contribution in [2.45, 2.75) is 26.5 Å². The number of amidine groups is 1. The number of piperazine rings is 1. The Kier molecular flexibility index (Phi) is 6.44. The number of rotatable bonds is 6. The summed E-state index contributed by atoms with van der Waals surface area (Å²) in [6.07, 6.45) is -1.23. The molecule has 0 saturated carbocycles. The minimum absolute atomic E-state index is 0.0180. The number of aliphatic imine (C=N–C) groups is 1. The molecule has 0 bridgehead atoms. The molecule has 1 saturated heterocycles. The van der Waals surface area contributed by atoms with E-state index >= 15 is 0 Å². The Morgan fingerprint density at radius 1 is 1.30 bits per heavy atom. The molecule has 2 atom stereocenters. The average Bonchev–Trinajstić information content (AvgIpc) is 3.07. The molecule has 2 unspecified atom stereocenters. The fourth-order valence-corrected chi connectivity index (χ4v) is 3.56. The van der Waals surface area contributed by atoms with Gasteiger partial charge in [0.1, 0.15) is 5.70 Å². The van der Waals surface area contributed by atoms with Gasteiger partial charge in [-0.15, -0.1) is 5.92 Å². The molecular formula is C18H30N6O3. The van der Waals surface area contributed by atoms with Crippen LogP contribution in [0.4, 0.5) is 0 Å². The molecule has 0 amide bonds. The average molecular weight is 378 g/mol. The predicted octanol–water partition coefficient (Wildman–Crippen LogP) is -0.800. The van der Waals surface area contributed by atoms with Crippen LogP contribution < -0.4 is 5.32 Å². The maximum atomic E-state index is 10.8. The third-order valence-corrected chi connectivity index (χ3v) is 5.04. The van der Waals surface area contributed by atoms with Crippen LogP contribution in [0.15, 0.2) is 16.6 Å². The molecule has 150 valence electrons. The molecule has 9 heteroatoms. The van der Waals surface area contributed by atoms with E-state index in [2.05, 4.69) is 22.1 Å². The van der Waals surface area contributed by atoms with Crippen molar-refractivity contribution in [3.8, 4) is 11.8 Å². The van der Waals surface area contributed by atoms with Gasteiger partial charge in [0.2, 0.25) is 12.2 Å². The van der Waals surface area contributed by atoms with E-state index in [0.717, 1.165) is 26.2 Å². The van der Waals surface area contributed by atoms with E-state index in [-0.39, 0.29) is 12.2 Å². The first-order chi connectivity index (χ1) is 13.1. The highest BCUT2D eigenvalue weighted by Crippen LogP contribution is 2.32. The van der Waals surface area contributed by atoms with E-state index in [9.17, 15) is 10.2 Å². The van der Waals surface area contributed by atoms with Gasteiger partial charge >= 0.3 is 0 Å². The Hall–Kier alpha value is -1.99. The van der Waals surface area contributed by atoms with Crippen LogP contribution in [0.2, 0.25) is 0 Å². The molecule has 3 aliphatic rings. The summed E-state index contributed by atoms with van der Waals surface area (Å²) in [5.74, 6) is 6.64. The minimum Gasteiger partial charge on any atom is -0.493 e. The zero-order valence-corrected chi connectivity index (χ0v) is 16.4. The monoisotopic (exact) mass is 378 g/mol. The Bertz CT molecular complexity index is 649. The lowest BCUT2D eigenvalue weighted by Gasteiger charge is -2.42. The lowest BCUT2D eigenvalue weighted by atomic mass is 10.2. The molecule has 27 heavy (non-hydrogen) atoms. The van der Waals surface area contributed by atoms with Gasteiger partial charge in [-0.05, 0) is 13.8 Å². The van der Waals surface area contributed by atoms with Crippen molar-refractivity contribution in [2.75, 3.05) is 59.5 Å². The Balaban J connectivity index is 1.95. The van der Waals surface area contributed by atoms with Gasteiger partial charge in [-0.1, -0.05) is 5.92 Å². The zero-order valence-electron chi connectivity index (χ0n) is 16.4. The first-order valence-corrected chi connectivity index (χ1v) is 9.47. The number of aliphatic hydroxyl groups excluding tert-OH is 2. The molecule has 1 fully saturated rings. The number of aliphatic hydroxyl groups is 2. The lowest BCUT2D eigenvalue weighted by Crippen LogP contribution is -2.56. The molecule has 3 N–H and O–H groups in total. The maximum absolute atomic E-state index is 10.8. The fourth-order valence-electron chi connectivity index (χ4n) is 3.56. The van der Waals surface area contributed by atoms with Crippen LogP contribution in [0.3, 0.4) is 0 Å². The van der Waals surface area contributed by atoms with E-state index in [1.165, 1.54) is 4.90 Å². The van der Waals surface area contributed by atoms with E-state index in [1.807, 2.05) is 11.8 Å². The summed E-state index contributed by atoms with van der Waals surface area (Å²) in [6, 6.07) is 0. The van der Waals surface area contributed by atoms with E-state index < -0.39 is 6.35 Å². The molecule has 0 aliphatic carbocycles. The number of hydrogen-bond donors (Lipinski definition) is 3. The summed E-state index contributed by atoms with van der Waals surface area (Å²) in [4.78, 5) is 12.4. The largest absolute Gasteiger partial charge is 0.493 e. The zero-order chi connectivity index (χ0) is 19.4. The summed E-state index contributed by atoms with van der Waals surface area (Å²) in [5.41, 5.74) is 0.616. The topological polar surface area (TPSA) is 87.0 Å². The van der Waals surface area contributed by atoms with Crippen LogP contribution in [-0.4, -0.2) is 108 Å². The molecule has 3 rings (SSSR count). The second kappa shape index (κ2) is 8.80. The Morgan fingerprint density at radius 3 is 2.70 bits per heavy atom. The van der Waals surface area contributed by atoms with Gasteiger partial charge in [-0.2, -0.15) is 0 Å². The Morgan fingerprint density at radius 2 is 2.04 bits per heavy atom. The van der Waals surface area contributed by atoms with Gasteiger partial charge in [-0.3, -0.25) is 4.90 Å². The number of nitrogens with zero attached hydrogens (tertiary/aromatic N) is 5. The summed E-state index contributed by atoms with van der Waals surface area (Å²) >= 11 is 0. The van der Waals surface area contributed by atoms with Gasteiger partial charge in [0.25, 0.3) is 0 Å². The van der Waals surface area contributed by atoms with E-state index in [4.69, 9.17) is 9.73 Å². The third kappa shape index (κ3) is 3.84. The first-order valence-electron chi connectivity index (χ1n) is 9.47. The second-order valence-corrected chi connectivity index (χ2v) is 6.66. The van der Waals surface area contributed by atoms with Crippen LogP contribution >= 0.6 is 0 Å². The van der Waals surface area contributed by atoms with Crippen molar-refractivity contribution in [3.05, 3.63) is 11.6 Å². The molecule has 0 spiro atoms. The minimum atomic E-state index is -0.992. The first kappa shape index (κ1) is 19.8. The highest BCUT2D eigenvalue weighted by atomic mass is 16.5. The second-order valence-electron chi connectivity index (χ2n) is 6.66. The van der Waals surface area contributed by atoms with Gasteiger partial charge in [0, 0.05) is 46.4 Å².